The molecule has 3 amide bonds. The highest BCUT2D eigenvalue weighted by Gasteiger charge is 2.36. The van der Waals surface area contributed by atoms with Crippen molar-refractivity contribution >= 4 is 64.1 Å². The first-order valence-electron chi connectivity index (χ1n) is 6.92. The Bertz CT molecular complexity index is 796. The molecule has 2 N–H and O–H groups in total. The van der Waals surface area contributed by atoms with Gasteiger partial charge in [0.05, 0.1) is 15.0 Å². The van der Waals surface area contributed by atoms with E-state index in [1.54, 1.807) is 18.2 Å². The summed E-state index contributed by atoms with van der Waals surface area (Å²) in [4.78, 5) is 47.6. The summed E-state index contributed by atoms with van der Waals surface area (Å²) in [5.41, 5.74) is 0.462. The van der Waals surface area contributed by atoms with Crippen LogP contribution in [0.1, 0.15) is 12.5 Å². The number of nitrogens with zero attached hydrogens (tertiary/aromatic N) is 1. The second kappa shape index (κ2) is 7.90. The Kier molecular flexibility index (Phi) is 6.10. The van der Waals surface area contributed by atoms with Gasteiger partial charge in [-0.15, -0.1) is 0 Å². The number of benzene rings is 1. The zero-order chi connectivity index (χ0) is 18.7. The summed E-state index contributed by atoms with van der Waals surface area (Å²) in [7, 11) is 0. The Balaban J connectivity index is 2.14. The van der Waals surface area contributed by atoms with Crippen LogP contribution in [0.2, 0.25) is 10.0 Å². The fourth-order valence-electron chi connectivity index (χ4n) is 1.90. The van der Waals surface area contributed by atoms with Crippen LogP contribution < -0.4 is 5.32 Å². The monoisotopic (exact) mass is 402 g/mol. The average molecular weight is 403 g/mol. The molecule has 1 fully saturated rings. The van der Waals surface area contributed by atoms with Crippen molar-refractivity contribution in [3.8, 4) is 0 Å². The maximum Gasteiger partial charge on any atom is 0.325 e. The smallest absolute Gasteiger partial charge is 0.325 e. The Morgan fingerprint density at radius 1 is 1.36 bits per heavy atom. The Labute approximate surface area is 157 Å². The number of rotatable bonds is 5. The number of aliphatic carboxylic acids is 1. The first-order valence-corrected chi connectivity index (χ1v) is 8.49. The molecule has 2 rings (SSSR count). The third kappa shape index (κ3) is 4.53. The van der Waals surface area contributed by atoms with Gasteiger partial charge in [0.2, 0.25) is 5.91 Å². The van der Waals surface area contributed by atoms with Gasteiger partial charge < -0.3 is 10.4 Å². The molecule has 0 aliphatic carbocycles. The lowest BCUT2D eigenvalue weighted by molar-refractivity contribution is -0.141. The summed E-state index contributed by atoms with van der Waals surface area (Å²) in [6.45, 7) is 0.706. The van der Waals surface area contributed by atoms with Gasteiger partial charge >= 0.3 is 5.97 Å². The van der Waals surface area contributed by atoms with Crippen LogP contribution in [0.15, 0.2) is 23.1 Å². The second-order valence-corrected chi connectivity index (χ2v) is 6.82. The number of halogens is 2. The highest BCUT2D eigenvalue weighted by molar-refractivity contribution is 8.18. The number of imide groups is 1. The summed E-state index contributed by atoms with van der Waals surface area (Å²) in [5.74, 6) is -2.64. The standard InChI is InChI=1S/C15H12Cl2N2O5S/c1-7(14(22)23)18-11(20)6-19-13(21)10(25-15(19)24)5-8-3-2-4-9(16)12(8)17/h2-5,7H,6H2,1H3,(H,18,20)(H,22,23)/b10-5-. The van der Waals surface area contributed by atoms with Crippen LogP contribution in [0.5, 0.6) is 0 Å². The number of thioether (sulfide) groups is 1. The SMILES string of the molecule is CC(NC(=O)CN1C(=O)S/C(=C\c2cccc(Cl)c2Cl)C1=O)C(=O)O. The Morgan fingerprint density at radius 3 is 2.68 bits per heavy atom. The van der Waals surface area contributed by atoms with E-state index < -0.39 is 35.6 Å². The van der Waals surface area contributed by atoms with Crippen molar-refractivity contribution in [3.63, 3.8) is 0 Å². The van der Waals surface area contributed by atoms with Gasteiger partial charge in [0.1, 0.15) is 12.6 Å². The van der Waals surface area contributed by atoms with Gasteiger partial charge in [0, 0.05) is 0 Å². The maximum absolute atomic E-state index is 12.3. The molecule has 25 heavy (non-hydrogen) atoms. The van der Waals surface area contributed by atoms with E-state index in [9.17, 15) is 19.2 Å². The van der Waals surface area contributed by atoms with Gasteiger partial charge in [-0.2, -0.15) is 0 Å². The minimum atomic E-state index is -1.22. The molecule has 0 radical (unpaired) electrons. The molecular formula is C15H12Cl2N2O5S. The fraction of sp³-hybridized carbons (Fsp3) is 0.200. The van der Waals surface area contributed by atoms with Crippen LogP contribution >= 0.6 is 35.0 Å². The Morgan fingerprint density at radius 2 is 2.04 bits per heavy atom. The van der Waals surface area contributed by atoms with Crippen molar-refractivity contribution in [3.05, 3.63) is 38.7 Å². The molecule has 0 bridgehead atoms. The molecule has 7 nitrogen and oxygen atoms in total. The van der Waals surface area contributed by atoms with Crippen molar-refractivity contribution in [1.82, 2.24) is 10.2 Å². The van der Waals surface area contributed by atoms with Gasteiger partial charge in [-0.1, -0.05) is 35.3 Å². The van der Waals surface area contributed by atoms with Crippen molar-refractivity contribution < 1.29 is 24.3 Å². The number of amides is 3. The normalized spacial score (nSPS) is 17.1. The topological polar surface area (TPSA) is 104 Å². The van der Waals surface area contributed by atoms with Crippen molar-refractivity contribution in [2.75, 3.05) is 6.54 Å². The molecule has 0 aromatic heterocycles. The number of carbonyl (C=O) groups is 4. The van der Waals surface area contributed by atoms with E-state index in [1.807, 2.05) is 0 Å². The van der Waals surface area contributed by atoms with E-state index >= 15 is 0 Å². The lowest BCUT2D eigenvalue weighted by Gasteiger charge is -2.14. The van der Waals surface area contributed by atoms with Crippen LogP contribution in [0.4, 0.5) is 4.79 Å². The second-order valence-electron chi connectivity index (χ2n) is 5.04. The number of nitrogens with one attached hydrogen (secondary N) is 1. The highest BCUT2D eigenvalue weighted by atomic mass is 35.5. The number of carboxylic acids is 1. The van der Waals surface area contributed by atoms with Crippen LogP contribution in [-0.4, -0.2) is 45.6 Å². The summed E-state index contributed by atoms with van der Waals surface area (Å²) in [6, 6.07) is 3.73. The van der Waals surface area contributed by atoms with E-state index in [0.29, 0.717) is 22.3 Å². The first kappa shape index (κ1) is 19.3. The summed E-state index contributed by atoms with van der Waals surface area (Å²) < 4.78 is 0. The van der Waals surface area contributed by atoms with Gasteiger partial charge in [0.25, 0.3) is 11.1 Å². The number of carbonyl (C=O) groups excluding carboxylic acids is 3. The first-order chi connectivity index (χ1) is 11.7. The molecule has 1 aromatic rings. The number of hydrogen-bond donors (Lipinski definition) is 2. The molecular weight excluding hydrogens is 391 g/mol. The average Bonchev–Trinajstić information content (AvgIpc) is 2.79. The predicted octanol–water partition coefficient (Wildman–Crippen LogP) is 2.62. The van der Waals surface area contributed by atoms with E-state index in [-0.39, 0.29) is 9.93 Å². The highest BCUT2D eigenvalue weighted by Crippen LogP contribution is 2.34. The minimum absolute atomic E-state index is 0.0910. The van der Waals surface area contributed by atoms with Crippen molar-refractivity contribution in [2.45, 2.75) is 13.0 Å². The Hall–Kier alpha value is -2.03. The van der Waals surface area contributed by atoms with Crippen LogP contribution in [0, 0.1) is 0 Å². The van der Waals surface area contributed by atoms with Crippen molar-refractivity contribution in [1.29, 1.82) is 0 Å². The quantitative estimate of drug-likeness (QED) is 0.733. The number of carboxylic acid groups (broad SMARTS) is 1. The molecule has 1 unspecified atom stereocenters. The molecule has 1 aliphatic heterocycles. The molecule has 0 spiro atoms. The molecule has 1 aliphatic rings. The third-order valence-electron chi connectivity index (χ3n) is 3.19. The predicted molar refractivity (Wildman–Crippen MR) is 94.4 cm³/mol. The van der Waals surface area contributed by atoms with Gasteiger partial charge in [0.15, 0.2) is 0 Å². The van der Waals surface area contributed by atoms with E-state index in [4.69, 9.17) is 28.3 Å². The van der Waals surface area contributed by atoms with E-state index in [2.05, 4.69) is 5.32 Å². The van der Waals surface area contributed by atoms with Crippen LogP contribution in [-0.2, 0) is 14.4 Å². The van der Waals surface area contributed by atoms with Gasteiger partial charge in [-0.3, -0.25) is 24.1 Å². The third-order valence-corrected chi connectivity index (χ3v) is 4.93. The maximum atomic E-state index is 12.3. The molecule has 0 saturated carbocycles. The van der Waals surface area contributed by atoms with Crippen molar-refractivity contribution in [2.24, 2.45) is 0 Å². The summed E-state index contributed by atoms with van der Waals surface area (Å²) in [5, 5.41) is 10.8. The largest absolute Gasteiger partial charge is 0.480 e. The molecule has 1 atom stereocenters. The van der Waals surface area contributed by atoms with E-state index in [0.717, 1.165) is 4.90 Å². The lowest BCUT2D eigenvalue weighted by Crippen LogP contribution is -2.45. The molecule has 132 valence electrons. The van der Waals surface area contributed by atoms with Crippen LogP contribution in [0.3, 0.4) is 0 Å². The zero-order valence-corrected chi connectivity index (χ0v) is 15.1. The van der Waals surface area contributed by atoms with Gasteiger partial charge in [-0.05, 0) is 36.4 Å². The summed E-state index contributed by atoms with van der Waals surface area (Å²) in [6.07, 6.45) is 1.41. The lowest BCUT2D eigenvalue weighted by atomic mass is 10.2. The molecule has 1 saturated heterocycles. The minimum Gasteiger partial charge on any atom is -0.480 e. The van der Waals surface area contributed by atoms with Crippen LogP contribution in [0.25, 0.3) is 6.08 Å². The van der Waals surface area contributed by atoms with Gasteiger partial charge in [-0.25, -0.2) is 0 Å². The van der Waals surface area contributed by atoms with E-state index in [1.165, 1.54) is 13.0 Å². The number of hydrogen-bond acceptors (Lipinski definition) is 5. The fourth-order valence-corrected chi connectivity index (χ4v) is 3.09. The molecule has 10 heteroatoms. The molecule has 1 heterocycles. The molecule has 1 aromatic carbocycles. The zero-order valence-electron chi connectivity index (χ0n) is 12.8. The summed E-state index contributed by atoms with van der Waals surface area (Å²) >= 11 is 12.6.